The number of carbonyl (C=O) groups is 1. The summed E-state index contributed by atoms with van der Waals surface area (Å²) in [7, 11) is 0. The number of alkyl halides is 4. The Balaban J connectivity index is 3.05. The molecule has 1 atom stereocenters. The maximum atomic E-state index is 12.8. The molecule has 0 saturated carbocycles. The molecule has 0 spiro atoms. The quantitative estimate of drug-likeness (QED) is 0.779. The van der Waals surface area contributed by atoms with Crippen LogP contribution in [0.3, 0.4) is 0 Å². The van der Waals surface area contributed by atoms with Gasteiger partial charge in [-0.3, -0.25) is 4.79 Å². The van der Waals surface area contributed by atoms with Gasteiger partial charge in [0.1, 0.15) is 0 Å². The number of carbonyl (C=O) groups excluding carboxylic acids is 1. The van der Waals surface area contributed by atoms with Gasteiger partial charge in [0.25, 0.3) is 0 Å². The second-order valence-corrected chi connectivity index (χ2v) is 5.75. The first-order valence-corrected chi connectivity index (χ1v) is 6.74. The van der Waals surface area contributed by atoms with Crippen molar-refractivity contribution in [1.82, 2.24) is 0 Å². The molecular weight excluding hydrogens is 346 g/mol. The van der Waals surface area contributed by atoms with Gasteiger partial charge in [-0.05, 0) is 24.1 Å². The fourth-order valence-corrected chi connectivity index (χ4v) is 1.65. The molecule has 1 unspecified atom stereocenters. The number of rotatable bonds is 3. The fourth-order valence-electron chi connectivity index (χ4n) is 1.36. The second-order valence-electron chi connectivity index (χ2n) is 4.32. The Morgan fingerprint density at radius 2 is 1.95 bits per heavy atom. The van der Waals surface area contributed by atoms with Crippen molar-refractivity contribution in [2.75, 3.05) is 5.32 Å². The summed E-state index contributed by atoms with van der Waals surface area (Å²) in [6.45, 7) is 3.57. The van der Waals surface area contributed by atoms with Gasteiger partial charge < -0.3 is 5.32 Å². The summed E-state index contributed by atoms with van der Waals surface area (Å²) in [6.07, 6.45) is -4.58. The van der Waals surface area contributed by atoms with E-state index in [1.165, 1.54) is 6.07 Å². The lowest BCUT2D eigenvalue weighted by Gasteiger charge is -2.17. The number of hydrogen-bond acceptors (Lipinski definition) is 1. The zero-order chi connectivity index (χ0) is 14.8. The van der Waals surface area contributed by atoms with Gasteiger partial charge in [0.2, 0.25) is 5.91 Å². The van der Waals surface area contributed by atoms with E-state index in [0.29, 0.717) is 0 Å². The van der Waals surface area contributed by atoms with E-state index in [9.17, 15) is 18.0 Å². The molecule has 1 rings (SSSR count). The minimum Gasteiger partial charge on any atom is -0.325 e. The van der Waals surface area contributed by atoms with E-state index in [1.807, 2.05) is 0 Å². The van der Waals surface area contributed by atoms with Crippen LogP contribution in [0.15, 0.2) is 18.2 Å². The van der Waals surface area contributed by atoms with Crippen LogP contribution < -0.4 is 5.32 Å². The van der Waals surface area contributed by atoms with Gasteiger partial charge in [0.05, 0.1) is 16.1 Å². The summed E-state index contributed by atoms with van der Waals surface area (Å²) in [5.41, 5.74) is -1.26. The van der Waals surface area contributed by atoms with E-state index in [0.717, 1.165) is 12.1 Å². The predicted molar refractivity (Wildman–Crippen MR) is 72.6 cm³/mol. The standard InChI is InChI=1S/C12H12BrClF3NO/c1-6(2)10(13)11(19)18-9-4-3-7(14)5-8(9)12(15,16)17/h3-6,10H,1-2H3,(H,18,19). The third-order valence-corrected chi connectivity index (χ3v) is 4.09. The summed E-state index contributed by atoms with van der Waals surface area (Å²) < 4.78 is 38.5. The average molecular weight is 359 g/mol. The Kier molecular flexibility index (Phi) is 5.26. The molecule has 0 aliphatic carbocycles. The smallest absolute Gasteiger partial charge is 0.325 e. The Hall–Kier alpha value is -0.750. The minimum absolute atomic E-state index is 0.0374. The van der Waals surface area contributed by atoms with Gasteiger partial charge in [0.15, 0.2) is 0 Å². The highest BCUT2D eigenvalue weighted by atomic mass is 79.9. The Labute approximate surface area is 122 Å². The van der Waals surface area contributed by atoms with Gasteiger partial charge >= 0.3 is 6.18 Å². The Bertz CT molecular complexity index is 477. The minimum atomic E-state index is -4.58. The zero-order valence-electron chi connectivity index (χ0n) is 10.2. The molecule has 0 fully saturated rings. The first-order valence-electron chi connectivity index (χ1n) is 5.44. The highest BCUT2D eigenvalue weighted by Gasteiger charge is 2.34. The van der Waals surface area contributed by atoms with Crippen molar-refractivity contribution < 1.29 is 18.0 Å². The van der Waals surface area contributed by atoms with Crippen LogP contribution >= 0.6 is 27.5 Å². The lowest BCUT2D eigenvalue weighted by Crippen LogP contribution is -2.28. The lowest BCUT2D eigenvalue weighted by molar-refractivity contribution is -0.137. The molecule has 1 aromatic rings. The average Bonchev–Trinajstić information content (AvgIpc) is 2.28. The molecule has 0 bridgehead atoms. The van der Waals surface area contributed by atoms with Gasteiger partial charge in [-0.1, -0.05) is 41.4 Å². The van der Waals surface area contributed by atoms with Crippen LogP contribution in [0.4, 0.5) is 18.9 Å². The number of hydrogen-bond donors (Lipinski definition) is 1. The number of halogens is 5. The van der Waals surface area contributed by atoms with E-state index in [-0.39, 0.29) is 16.6 Å². The molecule has 7 heteroatoms. The number of amides is 1. The molecule has 1 amide bonds. The summed E-state index contributed by atoms with van der Waals surface area (Å²) in [5, 5.41) is 2.22. The van der Waals surface area contributed by atoms with Crippen molar-refractivity contribution in [3.63, 3.8) is 0 Å². The normalized spacial score (nSPS) is 13.5. The van der Waals surface area contributed by atoms with Crippen molar-refractivity contribution in [2.45, 2.75) is 24.9 Å². The SMILES string of the molecule is CC(C)C(Br)C(=O)Nc1ccc(Cl)cc1C(F)(F)F. The van der Waals surface area contributed by atoms with Crippen LogP contribution in [0.1, 0.15) is 19.4 Å². The van der Waals surface area contributed by atoms with Crippen molar-refractivity contribution in [1.29, 1.82) is 0 Å². The molecule has 0 aliphatic heterocycles. The Morgan fingerprint density at radius 3 is 2.42 bits per heavy atom. The maximum Gasteiger partial charge on any atom is 0.418 e. The third kappa shape index (κ3) is 4.38. The molecular formula is C12H12BrClF3NO. The number of anilines is 1. The van der Waals surface area contributed by atoms with Gasteiger partial charge in [0, 0.05) is 5.02 Å². The van der Waals surface area contributed by atoms with E-state index >= 15 is 0 Å². The summed E-state index contributed by atoms with van der Waals surface area (Å²) >= 11 is 8.69. The van der Waals surface area contributed by atoms with E-state index < -0.39 is 22.5 Å². The zero-order valence-corrected chi connectivity index (χ0v) is 12.5. The van der Waals surface area contributed by atoms with E-state index in [1.54, 1.807) is 13.8 Å². The second kappa shape index (κ2) is 6.13. The first-order chi connectivity index (χ1) is 8.62. The van der Waals surface area contributed by atoms with E-state index in [4.69, 9.17) is 11.6 Å². The third-order valence-electron chi connectivity index (χ3n) is 2.38. The van der Waals surface area contributed by atoms with Crippen LogP contribution in [0.5, 0.6) is 0 Å². The highest BCUT2D eigenvalue weighted by Crippen LogP contribution is 2.36. The van der Waals surface area contributed by atoms with Crippen molar-refractivity contribution >= 4 is 39.1 Å². The van der Waals surface area contributed by atoms with Crippen molar-refractivity contribution in [2.24, 2.45) is 5.92 Å². The molecule has 2 nitrogen and oxygen atoms in total. The van der Waals surface area contributed by atoms with Crippen LogP contribution in [0.2, 0.25) is 5.02 Å². The molecule has 0 aliphatic rings. The van der Waals surface area contributed by atoms with Gasteiger partial charge in [-0.25, -0.2) is 0 Å². The number of nitrogens with one attached hydrogen (secondary N) is 1. The monoisotopic (exact) mass is 357 g/mol. The summed E-state index contributed by atoms with van der Waals surface area (Å²) in [6, 6.07) is 3.23. The molecule has 0 aromatic heterocycles. The van der Waals surface area contributed by atoms with Crippen LogP contribution in [0.25, 0.3) is 0 Å². The first kappa shape index (κ1) is 16.3. The maximum absolute atomic E-state index is 12.8. The van der Waals surface area contributed by atoms with Crippen LogP contribution in [-0.2, 0) is 11.0 Å². The van der Waals surface area contributed by atoms with Crippen molar-refractivity contribution in [3.05, 3.63) is 28.8 Å². The molecule has 0 saturated heterocycles. The van der Waals surface area contributed by atoms with E-state index in [2.05, 4.69) is 21.2 Å². The number of benzene rings is 1. The molecule has 106 valence electrons. The van der Waals surface area contributed by atoms with Crippen LogP contribution in [0, 0.1) is 5.92 Å². The Morgan fingerprint density at radius 1 is 1.37 bits per heavy atom. The fraction of sp³-hybridized carbons (Fsp3) is 0.417. The lowest BCUT2D eigenvalue weighted by atomic mass is 10.1. The van der Waals surface area contributed by atoms with Gasteiger partial charge in [-0.2, -0.15) is 13.2 Å². The molecule has 1 N–H and O–H groups in total. The molecule has 0 heterocycles. The largest absolute Gasteiger partial charge is 0.418 e. The van der Waals surface area contributed by atoms with Crippen LogP contribution in [-0.4, -0.2) is 10.7 Å². The molecule has 19 heavy (non-hydrogen) atoms. The topological polar surface area (TPSA) is 29.1 Å². The van der Waals surface area contributed by atoms with Gasteiger partial charge in [-0.15, -0.1) is 0 Å². The highest BCUT2D eigenvalue weighted by molar-refractivity contribution is 9.10. The summed E-state index contributed by atoms with van der Waals surface area (Å²) in [5.74, 6) is -0.565. The van der Waals surface area contributed by atoms with Crippen molar-refractivity contribution in [3.8, 4) is 0 Å². The predicted octanol–water partition coefficient (Wildman–Crippen LogP) is 4.72. The molecule has 1 aromatic carbocycles. The molecule has 0 radical (unpaired) electrons. The summed E-state index contributed by atoms with van der Waals surface area (Å²) in [4.78, 5) is 11.2.